The van der Waals surface area contributed by atoms with Crippen molar-refractivity contribution in [3.05, 3.63) is 36.2 Å². The molecule has 0 radical (unpaired) electrons. The van der Waals surface area contributed by atoms with Crippen molar-refractivity contribution in [3.63, 3.8) is 0 Å². The number of hydrogen-bond acceptors (Lipinski definition) is 6. The lowest BCUT2D eigenvalue weighted by molar-refractivity contribution is 0.0203. The lowest BCUT2D eigenvalue weighted by Crippen LogP contribution is -2.41. The molecule has 4 rings (SSSR count). The van der Waals surface area contributed by atoms with Crippen LogP contribution in [0.4, 0.5) is 4.79 Å². The number of carbonyl (C=O) groups is 1. The first kappa shape index (κ1) is 20.4. The summed E-state index contributed by atoms with van der Waals surface area (Å²) in [6, 6.07) is 2.05. The van der Waals surface area contributed by atoms with Crippen molar-refractivity contribution in [2.24, 2.45) is 0 Å². The van der Waals surface area contributed by atoms with Gasteiger partial charge in [-0.3, -0.25) is 4.98 Å². The number of hydrogen-bond donors (Lipinski definition) is 0. The molecule has 8 heteroatoms. The molecule has 1 aliphatic heterocycles. The van der Waals surface area contributed by atoms with Gasteiger partial charge in [-0.25, -0.2) is 4.79 Å². The zero-order chi connectivity index (χ0) is 21.5. The summed E-state index contributed by atoms with van der Waals surface area (Å²) in [4.78, 5) is 23.2. The Morgan fingerprint density at radius 1 is 1.27 bits per heavy atom. The van der Waals surface area contributed by atoms with Crippen LogP contribution in [0, 0.1) is 0 Å². The third-order valence-electron chi connectivity index (χ3n) is 5.30. The van der Waals surface area contributed by atoms with E-state index in [1.165, 1.54) is 0 Å². The summed E-state index contributed by atoms with van der Waals surface area (Å²) in [6.07, 6.45) is 7.04. The van der Waals surface area contributed by atoms with Gasteiger partial charge in [0.1, 0.15) is 5.60 Å². The van der Waals surface area contributed by atoms with E-state index in [2.05, 4.69) is 29.0 Å². The average molecular weight is 412 g/mol. The second-order valence-corrected chi connectivity index (χ2v) is 9.19. The lowest BCUT2D eigenvalue weighted by atomic mass is 9.96. The molecule has 1 aliphatic rings. The summed E-state index contributed by atoms with van der Waals surface area (Å²) in [5, 5.41) is 4.23. The maximum Gasteiger partial charge on any atom is 0.410 e. The fourth-order valence-corrected chi connectivity index (χ4v) is 3.79. The van der Waals surface area contributed by atoms with Crippen molar-refractivity contribution in [3.8, 4) is 11.5 Å². The smallest absolute Gasteiger partial charge is 0.410 e. The van der Waals surface area contributed by atoms with Crippen molar-refractivity contribution < 1.29 is 14.1 Å². The highest BCUT2D eigenvalue weighted by molar-refractivity contribution is 5.68. The van der Waals surface area contributed by atoms with Gasteiger partial charge in [0.15, 0.2) is 5.82 Å². The standard InChI is InChI=1S/C22H29N5O3/c1-14(2)18-17-12-16(13-27(17)11-8-23-18)20-24-19(25-30-20)15-6-9-26(10-7-15)21(28)29-22(3,4)5/h8,11-15H,6-7,9-10H2,1-5H3. The van der Waals surface area contributed by atoms with Crippen LogP contribution >= 0.6 is 0 Å². The van der Waals surface area contributed by atoms with E-state index >= 15 is 0 Å². The molecule has 8 nitrogen and oxygen atoms in total. The van der Waals surface area contributed by atoms with Gasteiger partial charge in [-0.05, 0) is 45.6 Å². The van der Waals surface area contributed by atoms with Gasteiger partial charge in [-0.1, -0.05) is 19.0 Å². The first-order chi connectivity index (χ1) is 14.2. The third-order valence-corrected chi connectivity index (χ3v) is 5.30. The van der Waals surface area contributed by atoms with Crippen molar-refractivity contribution in [1.29, 1.82) is 0 Å². The molecular formula is C22H29N5O3. The Hall–Kier alpha value is -2.90. The highest BCUT2D eigenvalue weighted by Gasteiger charge is 2.30. The molecule has 4 heterocycles. The molecule has 1 fully saturated rings. The molecule has 160 valence electrons. The zero-order valence-corrected chi connectivity index (χ0v) is 18.3. The summed E-state index contributed by atoms with van der Waals surface area (Å²) in [7, 11) is 0. The molecule has 0 aromatic carbocycles. The van der Waals surface area contributed by atoms with Crippen molar-refractivity contribution in [1.82, 2.24) is 24.4 Å². The Morgan fingerprint density at radius 2 is 2.00 bits per heavy atom. The zero-order valence-electron chi connectivity index (χ0n) is 18.3. The van der Waals surface area contributed by atoms with Crippen molar-refractivity contribution >= 4 is 11.6 Å². The third kappa shape index (κ3) is 4.17. The number of carbonyl (C=O) groups excluding carboxylic acids is 1. The maximum absolute atomic E-state index is 12.3. The van der Waals surface area contributed by atoms with Gasteiger partial charge < -0.3 is 18.6 Å². The summed E-state index contributed by atoms with van der Waals surface area (Å²) >= 11 is 0. The molecule has 0 saturated carbocycles. The van der Waals surface area contributed by atoms with Crippen LogP contribution in [0.1, 0.15) is 70.8 Å². The van der Waals surface area contributed by atoms with Gasteiger partial charge >= 0.3 is 6.09 Å². The number of amides is 1. The van der Waals surface area contributed by atoms with Crippen LogP contribution in [-0.2, 0) is 4.74 Å². The highest BCUT2D eigenvalue weighted by atomic mass is 16.6. The predicted octanol–water partition coefficient (Wildman–Crippen LogP) is 4.62. The summed E-state index contributed by atoms with van der Waals surface area (Å²) in [5.74, 6) is 1.71. The van der Waals surface area contributed by atoms with E-state index in [1.54, 1.807) is 4.90 Å². The number of nitrogens with zero attached hydrogens (tertiary/aromatic N) is 5. The minimum atomic E-state index is -0.484. The number of aromatic nitrogens is 4. The molecule has 3 aromatic heterocycles. The van der Waals surface area contributed by atoms with E-state index in [9.17, 15) is 4.79 Å². The Morgan fingerprint density at radius 3 is 2.67 bits per heavy atom. The average Bonchev–Trinajstić information content (AvgIpc) is 3.33. The van der Waals surface area contributed by atoms with E-state index in [4.69, 9.17) is 9.26 Å². The van der Waals surface area contributed by atoms with Gasteiger partial charge in [0.05, 0.1) is 16.8 Å². The molecule has 1 saturated heterocycles. The first-order valence-corrected chi connectivity index (χ1v) is 10.5. The van der Waals surface area contributed by atoms with Gasteiger partial charge in [0.25, 0.3) is 5.89 Å². The van der Waals surface area contributed by atoms with E-state index < -0.39 is 5.60 Å². The SMILES string of the molecule is CC(C)c1nccn2cc(-c3nc(C4CCN(C(=O)OC(C)(C)C)CC4)no3)cc12. The van der Waals surface area contributed by atoms with Crippen molar-refractivity contribution in [2.45, 2.75) is 64.9 Å². The molecule has 1 amide bonds. The highest BCUT2D eigenvalue weighted by Crippen LogP contribution is 2.30. The molecule has 0 N–H and O–H groups in total. The van der Waals surface area contributed by atoms with E-state index in [-0.39, 0.29) is 12.0 Å². The molecule has 0 aliphatic carbocycles. The van der Waals surface area contributed by atoms with Crippen LogP contribution in [-0.4, -0.2) is 49.2 Å². The van der Waals surface area contributed by atoms with Crippen LogP contribution in [0.15, 0.2) is 29.2 Å². The van der Waals surface area contributed by atoms with Crippen LogP contribution < -0.4 is 0 Å². The Bertz CT molecular complexity index is 1040. The Labute approximate surface area is 176 Å². The van der Waals surface area contributed by atoms with Crippen LogP contribution in [0.25, 0.3) is 17.0 Å². The number of ether oxygens (including phenoxy) is 1. The number of rotatable bonds is 3. The molecule has 0 spiro atoms. The maximum atomic E-state index is 12.3. The minimum absolute atomic E-state index is 0.172. The van der Waals surface area contributed by atoms with Gasteiger partial charge in [0.2, 0.25) is 0 Å². The number of fused-ring (bicyclic) bond motifs is 1. The number of likely N-dealkylation sites (tertiary alicyclic amines) is 1. The largest absolute Gasteiger partial charge is 0.444 e. The van der Waals surface area contributed by atoms with E-state index in [0.29, 0.717) is 30.7 Å². The van der Waals surface area contributed by atoms with Crippen LogP contribution in [0.2, 0.25) is 0 Å². The Kier molecular flexibility index (Phi) is 5.26. The van der Waals surface area contributed by atoms with Crippen molar-refractivity contribution in [2.75, 3.05) is 13.1 Å². The number of piperidine rings is 1. The molecule has 0 unspecified atom stereocenters. The first-order valence-electron chi connectivity index (χ1n) is 10.5. The lowest BCUT2D eigenvalue weighted by Gasteiger charge is -2.32. The van der Waals surface area contributed by atoms with E-state index in [0.717, 1.165) is 29.6 Å². The molecule has 3 aromatic rings. The quantitative estimate of drug-likeness (QED) is 0.625. The van der Waals surface area contributed by atoms with E-state index in [1.807, 2.05) is 49.8 Å². The monoisotopic (exact) mass is 411 g/mol. The molecule has 0 atom stereocenters. The predicted molar refractivity (Wildman–Crippen MR) is 112 cm³/mol. The molecule has 0 bridgehead atoms. The van der Waals surface area contributed by atoms with Crippen LogP contribution in [0.3, 0.4) is 0 Å². The van der Waals surface area contributed by atoms with Gasteiger partial charge in [0, 0.05) is 37.6 Å². The van der Waals surface area contributed by atoms with Crippen LogP contribution in [0.5, 0.6) is 0 Å². The molecular weight excluding hydrogens is 382 g/mol. The summed E-state index contributed by atoms with van der Waals surface area (Å²) in [6.45, 7) is 11.1. The van der Waals surface area contributed by atoms with Gasteiger partial charge in [-0.2, -0.15) is 4.98 Å². The second kappa shape index (κ2) is 7.74. The summed E-state index contributed by atoms with van der Waals surface area (Å²) < 4.78 is 13.1. The summed E-state index contributed by atoms with van der Waals surface area (Å²) in [5.41, 5.74) is 2.49. The fourth-order valence-electron chi connectivity index (χ4n) is 3.79. The fraction of sp³-hybridized carbons (Fsp3) is 0.545. The Balaban J connectivity index is 1.46. The second-order valence-electron chi connectivity index (χ2n) is 9.19. The minimum Gasteiger partial charge on any atom is -0.444 e. The van der Waals surface area contributed by atoms with Gasteiger partial charge in [-0.15, -0.1) is 0 Å². The topological polar surface area (TPSA) is 85.8 Å². The molecule has 30 heavy (non-hydrogen) atoms. The normalized spacial score (nSPS) is 15.9.